The standard InChI is InChI=1S/C13H14F2O3/c1-8(6-13(17)18-2)5-12(16)9-3-4-10(14)11(15)7-9/h3-4,7-8H,5-6H2,1-2H3/t8-/m1/s1. The number of halogens is 2. The van der Waals surface area contributed by atoms with Crippen LogP contribution in [-0.4, -0.2) is 18.9 Å². The van der Waals surface area contributed by atoms with Crippen LogP contribution in [0.25, 0.3) is 0 Å². The van der Waals surface area contributed by atoms with Gasteiger partial charge in [-0.2, -0.15) is 0 Å². The van der Waals surface area contributed by atoms with Gasteiger partial charge in [0, 0.05) is 18.4 Å². The zero-order valence-electron chi connectivity index (χ0n) is 10.2. The molecule has 1 aromatic carbocycles. The molecule has 0 unspecified atom stereocenters. The molecular formula is C13H14F2O3. The van der Waals surface area contributed by atoms with E-state index >= 15 is 0 Å². The van der Waals surface area contributed by atoms with E-state index in [1.165, 1.54) is 13.2 Å². The SMILES string of the molecule is COC(=O)C[C@H](C)CC(=O)c1ccc(F)c(F)c1. The van der Waals surface area contributed by atoms with Crippen LogP contribution >= 0.6 is 0 Å². The van der Waals surface area contributed by atoms with Crippen LogP contribution in [0.15, 0.2) is 18.2 Å². The van der Waals surface area contributed by atoms with Gasteiger partial charge < -0.3 is 4.74 Å². The maximum Gasteiger partial charge on any atom is 0.305 e. The van der Waals surface area contributed by atoms with E-state index in [-0.39, 0.29) is 30.1 Å². The highest BCUT2D eigenvalue weighted by atomic mass is 19.2. The fourth-order valence-electron chi connectivity index (χ4n) is 1.54. The van der Waals surface area contributed by atoms with Crippen LogP contribution in [0, 0.1) is 17.6 Å². The minimum absolute atomic E-state index is 0.0835. The van der Waals surface area contributed by atoms with Crippen LogP contribution in [0.5, 0.6) is 0 Å². The molecule has 0 heterocycles. The first-order chi connectivity index (χ1) is 8.43. The number of benzene rings is 1. The second-order valence-corrected chi connectivity index (χ2v) is 4.14. The van der Waals surface area contributed by atoms with E-state index < -0.39 is 17.6 Å². The highest BCUT2D eigenvalue weighted by Crippen LogP contribution is 2.15. The molecule has 0 saturated heterocycles. The zero-order chi connectivity index (χ0) is 13.7. The summed E-state index contributed by atoms with van der Waals surface area (Å²) < 4.78 is 30.1. The fourth-order valence-corrected chi connectivity index (χ4v) is 1.54. The van der Waals surface area contributed by atoms with Crippen LogP contribution in [0.4, 0.5) is 8.78 Å². The lowest BCUT2D eigenvalue weighted by Gasteiger charge is -2.09. The number of hydrogen-bond acceptors (Lipinski definition) is 3. The van der Waals surface area contributed by atoms with Crippen molar-refractivity contribution in [2.45, 2.75) is 19.8 Å². The van der Waals surface area contributed by atoms with E-state index in [2.05, 4.69) is 4.74 Å². The lowest BCUT2D eigenvalue weighted by Crippen LogP contribution is -2.12. The van der Waals surface area contributed by atoms with Gasteiger partial charge in [0.1, 0.15) is 0 Å². The predicted molar refractivity (Wildman–Crippen MR) is 61.1 cm³/mol. The third-order valence-corrected chi connectivity index (χ3v) is 2.52. The van der Waals surface area contributed by atoms with Gasteiger partial charge in [-0.25, -0.2) is 8.78 Å². The maximum absolute atomic E-state index is 12.9. The Hall–Kier alpha value is -1.78. The maximum atomic E-state index is 12.9. The largest absolute Gasteiger partial charge is 0.469 e. The monoisotopic (exact) mass is 256 g/mol. The highest BCUT2D eigenvalue weighted by molar-refractivity contribution is 5.96. The number of carbonyl (C=O) groups is 2. The summed E-state index contributed by atoms with van der Waals surface area (Å²) in [4.78, 5) is 22.7. The first-order valence-electron chi connectivity index (χ1n) is 5.49. The van der Waals surface area contributed by atoms with Crippen molar-refractivity contribution < 1.29 is 23.1 Å². The molecule has 0 radical (unpaired) electrons. The molecule has 1 atom stereocenters. The Labute approximate surface area is 104 Å². The minimum Gasteiger partial charge on any atom is -0.469 e. The highest BCUT2D eigenvalue weighted by Gasteiger charge is 2.16. The van der Waals surface area contributed by atoms with Crippen molar-refractivity contribution in [3.05, 3.63) is 35.4 Å². The molecule has 0 aliphatic heterocycles. The van der Waals surface area contributed by atoms with Gasteiger partial charge in [0.2, 0.25) is 0 Å². The minimum atomic E-state index is -1.05. The molecular weight excluding hydrogens is 242 g/mol. The van der Waals surface area contributed by atoms with Gasteiger partial charge in [-0.3, -0.25) is 9.59 Å². The Bertz CT molecular complexity index is 458. The summed E-state index contributed by atoms with van der Waals surface area (Å²) in [6.07, 6.45) is 0.200. The van der Waals surface area contributed by atoms with Gasteiger partial charge >= 0.3 is 5.97 Å². The number of esters is 1. The molecule has 1 aromatic rings. The Morgan fingerprint density at radius 1 is 1.22 bits per heavy atom. The number of Topliss-reactive ketones (excluding diaryl/α,β-unsaturated/α-hetero) is 1. The number of hydrogen-bond donors (Lipinski definition) is 0. The van der Waals surface area contributed by atoms with Crippen LogP contribution in [0.3, 0.4) is 0 Å². The van der Waals surface area contributed by atoms with Crippen LogP contribution in [0.1, 0.15) is 30.1 Å². The number of ether oxygens (including phenoxy) is 1. The molecule has 0 fully saturated rings. The molecule has 5 heteroatoms. The molecule has 0 bridgehead atoms. The Kier molecular flexibility index (Phi) is 4.95. The van der Waals surface area contributed by atoms with Crippen molar-refractivity contribution in [1.29, 1.82) is 0 Å². The van der Waals surface area contributed by atoms with E-state index in [9.17, 15) is 18.4 Å². The summed E-state index contributed by atoms with van der Waals surface area (Å²) in [5.41, 5.74) is 0.102. The summed E-state index contributed by atoms with van der Waals surface area (Å²) in [6, 6.07) is 3.00. The molecule has 98 valence electrons. The van der Waals surface area contributed by atoms with Gasteiger partial charge in [0.15, 0.2) is 17.4 Å². The van der Waals surface area contributed by atoms with Crippen LogP contribution < -0.4 is 0 Å². The summed E-state index contributed by atoms with van der Waals surface area (Å²) in [5, 5.41) is 0. The third-order valence-electron chi connectivity index (χ3n) is 2.52. The van der Waals surface area contributed by atoms with Crippen molar-refractivity contribution in [1.82, 2.24) is 0 Å². The summed E-state index contributed by atoms with van der Waals surface area (Å²) in [6.45, 7) is 1.72. The summed E-state index contributed by atoms with van der Waals surface area (Å²) in [5.74, 6) is -2.99. The normalized spacial score (nSPS) is 12.0. The molecule has 0 spiro atoms. The van der Waals surface area contributed by atoms with E-state index in [4.69, 9.17) is 0 Å². The van der Waals surface area contributed by atoms with E-state index in [1.807, 2.05) is 0 Å². The number of ketones is 1. The molecule has 0 N–H and O–H groups in total. The fraction of sp³-hybridized carbons (Fsp3) is 0.385. The van der Waals surface area contributed by atoms with E-state index in [1.54, 1.807) is 6.92 Å². The average Bonchev–Trinajstić information content (AvgIpc) is 2.32. The van der Waals surface area contributed by atoms with Crippen molar-refractivity contribution in [3.63, 3.8) is 0 Å². The molecule has 0 aliphatic carbocycles. The Balaban J connectivity index is 2.64. The molecule has 0 aromatic heterocycles. The molecule has 3 nitrogen and oxygen atoms in total. The number of methoxy groups -OCH3 is 1. The molecule has 0 aliphatic rings. The molecule has 1 rings (SSSR count). The third kappa shape index (κ3) is 3.91. The number of carbonyl (C=O) groups excluding carboxylic acids is 2. The Morgan fingerprint density at radius 2 is 1.89 bits per heavy atom. The smallest absolute Gasteiger partial charge is 0.305 e. The van der Waals surface area contributed by atoms with Crippen molar-refractivity contribution in [2.24, 2.45) is 5.92 Å². The second kappa shape index (κ2) is 6.23. The van der Waals surface area contributed by atoms with Crippen LogP contribution in [0.2, 0.25) is 0 Å². The van der Waals surface area contributed by atoms with Crippen molar-refractivity contribution in [3.8, 4) is 0 Å². The van der Waals surface area contributed by atoms with E-state index in [0.717, 1.165) is 12.1 Å². The van der Waals surface area contributed by atoms with Crippen LogP contribution in [-0.2, 0) is 9.53 Å². The first kappa shape index (κ1) is 14.3. The lowest BCUT2D eigenvalue weighted by molar-refractivity contribution is -0.141. The van der Waals surface area contributed by atoms with Gasteiger partial charge in [0.05, 0.1) is 7.11 Å². The quantitative estimate of drug-likeness (QED) is 0.601. The Morgan fingerprint density at radius 3 is 2.44 bits per heavy atom. The van der Waals surface area contributed by atoms with Crippen molar-refractivity contribution in [2.75, 3.05) is 7.11 Å². The molecule has 0 amide bonds. The number of rotatable bonds is 5. The van der Waals surface area contributed by atoms with Crippen molar-refractivity contribution >= 4 is 11.8 Å². The topological polar surface area (TPSA) is 43.4 Å². The zero-order valence-corrected chi connectivity index (χ0v) is 10.2. The lowest BCUT2D eigenvalue weighted by atomic mass is 9.97. The van der Waals surface area contributed by atoms with Gasteiger partial charge in [-0.1, -0.05) is 6.92 Å². The first-order valence-corrected chi connectivity index (χ1v) is 5.49. The van der Waals surface area contributed by atoms with Gasteiger partial charge in [-0.05, 0) is 24.1 Å². The summed E-state index contributed by atoms with van der Waals surface area (Å²) in [7, 11) is 1.27. The van der Waals surface area contributed by atoms with Gasteiger partial charge in [0.25, 0.3) is 0 Å². The van der Waals surface area contributed by atoms with E-state index in [0.29, 0.717) is 0 Å². The predicted octanol–water partition coefficient (Wildman–Crippen LogP) is 2.74. The second-order valence-electron chi connectivity index (χ2n) is 4.14. The molecule has 0 saturated carbocycles. The van der Waals surface area contributed by atoms with Gasteiger partial charge in [-0.15, -0.1) is 0 Å². The summed E-state index contributed by atoms with van der Waals surface area (Å²) >= 11 is 0. The molecule has 18 heavy (non-hydrogen) atoms. The average molecular weight is 256 g/mol.